The number of nitrogens with zero attached hydrogens (tertiary/aromatic N) is 1. The van der Waals surface area contributed by atoms with Crippen molar-refractivity contribution in [1.82, 2.24) is 4.98 Å². The average molecular weight is 204 g/mol. The standard InChI is InChI=1S/C13H20N2/c14-8-3-6-12-10-15-9-7-13(12)11-4-1-2-5-11/h7,9-11H,1-6,8,14H2. The van der Waals surface area contributed by atoms with Gasteiger partial charge in [-0.3, -0.25) is 4.98 Å². The van der Waals surface area contributed by atoms with Gasteiger partial charge in [-0.1, -0.05) is 12.8 Å². The monoisotopic (exact) mass is 204 g/mol. The van der Waals surface area contributed by atoms with Gasteiger partial charge < -0.3 is 5.73 Å². The molecule has 0 saturated heterocycles. The minimum absolute atomic E-state index is 0.777. The van der Waals surface area contributed by atoms with Crippen molar-refractivity contribution in [2.24, 2.45) is 5.73 Å². The van der Waals surface area contributed by atoms with Crippen molar-refractivity contribution < 1.29 is 0 Å². The fourth-order valence-electron chi connectivity index (χ4n) is 2.57. The fourth-order valence-corrected chi connectivity index (χ4v) is 2.57. The van der Waals surface area contributed by atoms with E-state index in [1.807, 2.05) is 12.4 Å². The third kappa shape index (κ3) is 2.57. The molecule has 1 aliphatic carbocycles. The second-order valence-electron chi connectivity index (χ2n) is 4.45. The second kappa shape index (κ2) is 5.26. The Labute approximate surface area is 91.9 Å². The number of hydrogen-bond acceptors (Lipinski definition) is 2. The first-order valence-electron chi connectivity index (χ1n) is 6.04. The molecule has 2 rings (SSSR count). The van der Waals surface area contributed by atoms with Gasteiger partial charge in [-0.05, 0) is 55.3 Å². The van der Waals surface area contributed by atoms with E-state index < -0.39 is 0 Å². The van der Waals surface area contributed by atoms with Crippen LogP contribution in [-0.4, -0.2) is 11.5 Å². The van der Waals surface area contributed by atoms with Crippen LogP contribution in [0.15, 0.2) is 18.5 Å². The van der Waals surface area contributed by atoms with Crippen molar-refractivity contribution in [3.05, 3.63) is 29.6 Å². The Hall–Kier alpha value is -0.890. The van der Waals surface area contributed by atoms with Crippen molar-refractivity contribution in [1.29, 1.82) is 0 Å². The van der Waals surface area contributed by atoms with Gasteiger partial charge in [-0.25, -0.2) is 0 Å². The van der Waals surface area contributed by atoms with Crippen LogP contribution in [0.5, 0.6) is 0 Å². The van der Waals surface area contributed by atoms with Crippen molar-refractivity contribution in [3.63, 3.8) is 0 Å². The van der Waals surface area contributed by atoms with Gasteiger partial charge in [-0.15, -0.1) is 0 Å². The third-order valence-electron chi connectivity index (χ3n) is 3.39. The van der Waals surface area contributed by atoms with Gasteiger partial charge in [0.1, 0.15) is 0 Å². The predicted octanol–water partition coefficient (Wildman–Crippen LogP) is 2.63. The van der Waals surface area contributed by atoms with Crippen LogP contribution in [0.25, 0.3) is 0 Å². The first-order chi connectivity index (χ1) is 7.42. The largest absolute Gasteiger partial charge is 0.330 e. The molecule has 0 bridgehead atoms. The molecule has 2 heteroatoms. The Bertz CT molecular complexity index is 303. The highest BCUT2D eigenvalue weighted by atomic mass is 14.6. The smallest absolute Gasteiger partial charge is 0.0302 e. The minimum Gasteiger partial charge on any atom is -0.330 e. The van der Waals surface area contributed by atoms with Crippen molar-refractivity contribution in [2.75, 3.05) is 6.54 Å². The molecule has 0 spiro atoms. The van der Waals surface area contributed by atoms with Gasteiger partial charge in [0, 0.05) is 12.4 Å². The number of nitrogens with two attached hydrogens (primary N) is 1. The van der Waals surface area contributed by atoms with E-state index in [4.69, 9.17) is 5.73 Å². The van der Waals surface area contributed by atoms with Crippen molar-refractivity contribution >= 4 is 0 Å². The molecule has 1 saturated carbocycles. The van der Waals surface area contributed by atoms with Crippen LogP contribution in [0.3, 0.4) is 0 Å². The van der Waals surface area contributed by atoms with Crippen molar-refractivity contribution in [3.8, 4) is 0 Å². The average Bonchev–Trinajstić information content (AvgIpc) is 2.80. The Balaban J connectivity index is 2.13. The van der Waals surface area contributed by atoms with Crippen LogP contribution >= 0.6 is 0 Å². The third-order valence-corrected chi connectivity index (χ3v) is 3.39. The molecule has 0 amide bonds. The first kappa shape index (κ1) is 10.6. The molecule has 0 aliphatic heterocycles. The molecular weight excluding hydrogens is 184 g/mol. The van der Waals surface area contributed by atoms with E-state index >= 15 is 0 Å². The fraction of sp³-hybridized carbons (Fsp3) is 0.615. The van der Waals surface area contributed by atoms with E-state index in [1.165, 1.54) is 36.8 Å². The Morgan fingerprint density at radius 1 is 1.33 bits per heavy atom. The Morgan fingerprint density at radius 3 is 2.87 bits per heavy atom. The topological polar surface area (TPSA) is 38.9 Å². The summed E-state index contributed by atoms with van der Waals surface area (Å²) in [4.78, 5) is 4.23. The van der Waals surface area contributed by atoms with E-state index in [-0.39, 0.29) is 0 Å². The Morgan fingerprint density at radius 2 is 2.13 bits per heavy atom. The van der Waals surface area contributed by atoms with Crippen LogP contribution in [0.2, 0.25) is 0 Å². The zero-order chi connectivity index (χ0) is 10.5. The number of aryl methyl sites for hydroxylation is 1. The zero-order valence-electron chi connectivity index (χ0n) is 9.28. The molecule has 82 valence electrons. The van der Waals surface area contributed by atoms with E-state index in [9.17, 15) is 0 Å². The summed E-state index contributed by atoms with van der Waals surface area (Å²) in [6.07, 6.45) is 11.6. The van der Waals surface area contributed by atoms with Crippen LogP contribution in [0.4, 0.5) is 0 Å². The highest BCUT2D eigenvalue weighted by molar-refractivity contribution is 5.28. The summed E-state index contributed by atoms with van der Waals surface area (Å²) in [7, 11) is 0. The molecule has 15 heavy (non-hydrogen) atoms. The summed E-state index contributed by atoms with van der Waals surface area (Å²) < 4.78 is 0. The molecule has 2 N–H and O–H groups in total. The van der Waals surface area contributed by atoms with Crippen LogP contribution in [0.1, 0.15) is 49.1 Å². The quantitative estimate of drug-likeness (QED) is 0.818. The molecule has 1 aromatic rings. The highest BCUT2D eigenvalue weighted by Crippen LogP contribution is 2.35. The lowest BCUT2D eigenvalue weighted by atomic mass is 9.92. The van der Waals surface area contributed by atoms with Gasteiger partial charge in [0.2, 0.25) is 0 Å². The number of hydrogen-bond donors (Lipinski definition) is 1. The molecule has 2 nitrogen and oxygen atoms in total. The maximum Gasteiger partial charge on any atom is 0.0302 e. The van der Waals surface area contributed by atoms with Gasteiger partial charge in [0.05, 0.1) is 0 Å². The lowest BCUT2D eigenvalue weighted by Gasteiger charge is -2.14. The molecule has 0 radical (unpaired) electrons. The lowest BCUT2D eigenvalue weighted by Crippen LogP contribution is -2.04. The predicted molar refractivity (Wildman–Crippen MR) is 62.8 cm³/mol. The maximum atomic E-state index is 5.56. The maximum absolute atomic E-state index is 5.56. The summed E-state index contributed by atoms with van der Waals surface area (Å²) in [5.41, 5.74) is 8.52. The molecular formula is C13H20N2. The van der Waals surface area contributed by atoms with Gasteiger partial charge in [0.25, 0.3) is 0 Å². The SMILES string of the molecule is NCCCc1cnccc1C1CCCC1. The first-order valence-corrected chi connectivity index (χ1v) is 6.04. The summed E-state index contributed by atoms with van der Waals surface area (Å²) in [5, 5.41) is 0. The molecule has 0 atom stereocenters. The summed E-state index contributed by atoms with van der Waals surface area (Å²) in [5.74, 6) is 0.792. The minimum atomic E-state index is 0.777. The molecule has 1 heterocycles. The molecule has 1 fully saturated rings. The number of rotatable bonds is 4. The van der Waals surface area contributed by atoms with E-state index in [0.717, 1.165) is 25.3 Å². The zero-order valence-corrected chi connectivity index (χ0v) is 9.28. The van der Waals surface area contributed by atoms with Gasteiger partial charge in [-0.2, -0.15) is 0 Å². The van der Waals surface area contributed by atoms with Crippen LogP contribution in [0, 0.1) is 0 Å². The van der Waals surface area contributed by atoms with Gasteiger partial charge >= 0.3 is 0 Å². The van der Waals surface area contributed by atoms with Gasteiger partial charge in [0.15, 0.2) is 0 Å². The van der Waals surface area contributed by atoms with Crippen LogP contribution < -0.4 is 5.73 Å². The molecule has 0 aromatic carbocycles. The van der Waals surface area contributed by atoms with E-state index in [0.29, 0.717) is 0 Å². The number of pyridine rings is 1. The summed E-state index contributed by atoms with van der Waals surface area (Å²) in [6, 6.07) is 2.21. The second-order valence-corrected chi connectivity index (χ2v) is 4.45. The summed E-state index contributed by atoms with van der Waals surface area (Å²) >= 11 is 0. The van der Waals surface area contributed by atoms with E-state index in [1.54, 1.807) is 0 Å². The molecule has 1 aliphatic rings. The Kier molecular flexibility index (Phi) is 3.73. The number of aromatic nitrogens is 1. The van der Waals surface area contributed by atoms with Crippen molar-refractivity contribution in [2.45, 2.75) is 44.4 Å². The lowest BCUT2D eigenvalue weighted by molar-refractivity contribution is 0.701. The molecule has 0 unspecified atom stereocenters. The molecule has 1 aromatic heterocycles. The highest BCUT2D eigenvalue weighted by Gasteiger charge is 2.19. The summed E-state index contributed by atoms with van der Waals surface area (Å²) in [6.45, 7) is 0.777. The van der Waals surface area contributed by atoms with E-state index in [2.05, 4.69) is 11.1 Å². The van der Waals surface area contributed by atoms with Crippen LogP contribution in [-0.2, 0) is 6.42 Å². The normalized spacial score (nSPS) is 17.1.